The normalized spacial score (nSPS) is 13.1. The van der Waals surface area contributed by atoms with E-state index >= 15 is 0 Å². The molecule has 0 radical (unpaired) electrons. The van der Waals surface area contributed by atoms with Crippen molar-refractivity contribution in [1.29, 1.82) is 0 Å². The molecule has 0 fully saturated rings. The first-order chi connectivity index (χ1) is 7.21. The van der Waals surface area contributed by atoms with E-state index in [2.05, 4.69) is 28.9 Å². The van der Waals surface area contributed by atoms with Crippen LogP contribution in [0.15, 0.2) is 4.52 Å². The molecule has 6 heteroatoms. The number of hydrogen-bond acceptors (Lipinski definition) is 6. The molecule has 1 unspecified atom stereocenters. The quantitative estimate of drug-likeness (QED) is 0.739. The van der Waals surface area contributed by atoms with Gasteiger partial charge >= 0.3 is 6.08 Å². The molecular formula is C9H18N4O2. The average Bonchev–Trinajstić information content (AvgIpc) is 2.74. The van der Waals surface area contributed by atoms with Crippen LogP contribution in [0, 0.1) is 0 Å². The Kier molecular flexibility index (Phi) is 4.51. The van der Waals surface area contributed by atoms with Crippen LogP contribution in [-0.2, 0) is 0 Å². The van der Waals surface area contributed by atoms with Crippen molar-refractivity contribution in [2.75, 3.05) is 26.7 Å². The monoisotopic (exact) mass is 214 g/mol. The Morgan fingerprint density at radius 2 is 2.13 bits per heavy atom. The van der Waals surface area contributed by atoms with Gasteiger partial charge in [0.1, 0.15) is 0 Å². The first-order valence-electron chi connectivity index (χ1n) is 5.06. The lowest BCUT2D eigenvalue weighted by Crippen LogP contribution is -2.32. The molecule has 0 spiro atoms. The Morgan fingerprint density at radius 3 is 2.60 bits per heavy atom. The second kappa shape index (κ2) is 5.67. The van der Waals surface area contributed by atoms with Gasteiger partial charge in [-0.2, -0.15) is 4.98 Å². The number of rotatable bonds is 6. The minimum atomic E-state index is -0.238. The van der Waals surface area contributed by atoms with Gasteiger partial charge in [-0.25, -0.2) is 0 Å². The number of methoxy groups -OCH3 is 1. The molecular weight excluding hydrogens is 196 g/mol. The van der Waals surface area contributed by atoms with E-state index < -0.39 is 0 Å². The van der Waals surface area contributed by atoms with Crippen molar-refractivity contribution in [3.8, 4) is 6.08 Å². The molecule has 0 aliphatic rings. The molecule has 6 nitrogen and oxygen atoms in total. The number of aromatic nitrogens is 2. The molecule has 86 valence electrons. The second-order valence-electron chi connectivity index (χ2n) is 3.21. The van der Waals surface area contributed by atoms with Crippen LogP contribution in [0.2, 0.25) is 0 Å². The Morgan fingerprint density at radius 1 is 1.47 bits per heavy atom. The zero-order valence-corrected chi connectivity index (χ0v) is 9.43. The topological polar surface area (TPSA) is 77.4 Å². The summed E-state index contributed by atoms with van der Waals surface area (Å²) in [4.78, 5) is 6.20. The van der Waals surface area contributed by atoms with Gasteiger partial charge in [-0.05, 0) is 13.1 Å². The SMILES string of the molecule is CCN(CC)CC(N)c1noc(OC)n1. The molecule has 1 rings (SSSR count). The predicted octanol–water partition coefficient (Wildman–Crippen LogP) is 0.420. The Balaban J connectivity index is 2.55. The fourth-order valence-electron chi connectivity index (χ4n) is 1.30. The van der Waals surface area contributed by atoms with Crippen molar-refractivity contribution in [3.63, 3.8) is 0 Å². The van der Waals surface area contributed by atoms with Crippen molar-refractivity contribution < 1.29 is 9.26 Å². The summed E-state index contributed by atoms with van der Waals surface area (Å²) in [5, 5.41) is 3.75. The second-order valence-corrected chi connectivity index (χ2v) is 3.21. The largest absolute Gasteiger partial charge is 0.452 e. The van der Waals surface area contributed by atoms with Gasteiger partial charge in [-0.3, -0.25) is 4.52 Å². The average molecular weight is 214 g/mol. The Labute approximate surface area is 89.4 Å². The minimum absolute atomic E-state index is 0.153. The maximum Gasteiger partial charge on any atom is 0.417 e. The molecule has 0 amide bonds. The number of likely N-dealkylation sites (N-methyl/N-ethyl adjacent to an activating group) is 1. The summed E-state index contributed by atoms with van der Waals surface area (Å²) in [7, 11) is 1.48. The molecule has 1 aromatic heterocycles. The molecule has 0 saturated heterocycles. The van der Waals surface area contributed by atoms with Gasteiger partial charge in [0.25, 0.3) is 0 Å². The van der Waals surface area contributed by atoms with Gasteiger partial charge in [-0.1, -0.05) is 19.0 Å². The molecule has 0 aliphatic heterocycles. The van der Waals surface area contributed by atoms with Gasteiger partial charge in [0.15, 0.2) is 5.82 Å². The summed E-state index contributed by atoms with van der Waals surface area (Å²) in [6, 6.07) is -0.238. The smallest absolute Gasteiger partial charge is 0.417 e. The Bertz CT molecular complexity index is 285. The molecule has 1 heterocycles. The third-order valence-corrected chi connectivity index (χ3v) is 2.28. The maximum absolute atomic E-state index is 5.93. The molecule has 0 bridgehead atoms. The Hall–Kier alpha value is -1.14. The van der Waals surface area contributed by atoms with E-state index in [9.17, 15) is 0 Å². The fourth-order valence-corrected chi connectivity index (χ4v) is 1.30. The van der Waals surface area contributed by atoms with Crippen LogP contribution in [0.1, 0.15) is 25.7 Å². The van der Waals surface area contributed by atoms with E-state index in [1.165, 1.54) is 7.11 Å². The number of nitrogens with two attached hydrogens (primary N) is 1. The highest BCUT2D eigenvalue weighted by atomic mass is 16.6. The lowest BCUT2D eigenvalue weighted by molar-refractivity contribution is 0.247. The molecule has 0 aromatic carbocycles. The van der Waals surface area contributed by atoms with Gasteiger partial charge < -0.3 is 15.4 Å². The van der Waals surface area contributed by atoms with Crippen LogP contribution in [0.3, 0.4) is 0 Å². The zero-order valence-electron chi connectivity index (χ0n) is 9.43. The molecule has 2 N–H and O–H groups in total. The van der Waals surface area contributed by atoms with Gasteiger partial charge in [0.2, 0.25) is 0 Å². The lowest BCUT2D eigenvalue weighted by Gasteiger charge is -2.20. The number of ether oxygens (including phenoxy) is 1. The highest BCUT2D eigenvalue weighted by molar-refractivity contribution is 4.96. The highest BCUT2D eigenvalue weighted by Gasteiger charge is 2.16. The summed E-state index contributed by atoms with van der Waals surface area (Å²) in [5.74, 6) is 0.485. The number of hydrogen-bond donors (Lipinski definition) is 1. The van der Waals surface area contributed by atoms with E-state index in [-0.39, 0.29) is 12.1 Å². The van der Waals surface area contributed by atoms with Crippen LogP contribution < -0.4 is 10.5 Å². The third-order valence-electron chi connectivity index (χ3n) is 2.28. The highest BCUT2D eigenvalue weighted by Crippen LogP contribution is 2.12. The summed E-state index contributed by atoms with van der Waals surface area (Å²) in [5.41, 5.74) is 5.93. The lowest BCUT2D eigenvalue weighted by atomic mass is 10.2. The van der Waals surface area contributed by atoms with Crippen molar-refractivity contribution >= 4 is 0 Å². The van der Waals surface area contributed by atoms with Crippen LogP contribution >= 0.6 is 0 Å². The summed E-state index contributed by atoms with van der Waals surface area (Å²) in [6.45, 7) is 6.81. The summed E-state index contributed by atoms with van der Waals surface area (Å²) >= 11 is 0. The third kappa shape index (κ3) is 3.17. The van der Waals surface area contributed by atoms with E-state index in [1.807, 2.05) is 0 Å². The van der Waals surface area contributed by atoms with E-state index in [0.717, 1.165) is 19.6 Å². The fraction of sp³-hybridized carbons (Fsp3) is 0.778. The van der Waals surface area contributed by atoms with Crippen LogP contribution in [0.5, 0.6) is 6.08 Å². The first kappa shape index (κ1) is 11.9. The number of nitrogens with zero attached hydrogens (tertiary/aromatic N) is 3. The van der Waals surface area contributed by atoms with Gasteiger partial charge in [0.05, 0.1) is 13.2 Å². The molecule has 0 aliphatic carbocycles. The standard InChI is InChI=1S/C9H18N4O2/c1-4-13(5-2)6-7(10)8-11-9(14-3)15-12-8/h7H,4-6,10H2,1-3H3. The van der Waals surface area contributed by atoms with Crippen molar-refractivity contribution in [1.82, 2.24) is 15.0 Å². The van der Waals surface area contributed by atoms with Crippen LogP contribution in [-0.4, -0.2) is 41.8 Å². The van der Waals surface area contributed by atoms with Crippen molar-refractivity contribution in [3.05, 3.63) is 5.82 Å². The van der Waals surface area contributed by atoms with Crippen LogP contribution in [0.25, 0.3) is 0 Å². The molecule has 1 atom stereocenters. The van der Waals surface area contributed by atoms with E-state index in [1.54, 1.807) is 0 Å². The maximum atomic E-state index is 5.93. The van der Waals surface area contributed by atoms with Gasteiger partial charge in [-0.15, -0.1) is 0 Å². The van der Waals surface area contributed by atoms with E-state index in [4.69, 9.17) is 15.0 Å². The summed E-state index contributed by atoms with van der Waals surface area (Å²) in [6.07, 6.45) is 0.153. The van der Waals surface area contributed by atoms with Crippen LogP contribution in [0.4, 0.5) is 0 Å². The van der Waals surface area contributed by atoms with Gasteiger partial charge in [0, 0.05) is 6.54 Å². The first-order valence-corrected chi connectivity index (χ1v) is 5.06. The zero-order chi connectivity index (χ0) is 11.3. The predicted molar refractivity (Wildman–Crippen MR) is 55.6 cm³/mol. The molecule has 15 heavy (non-hydrogen) atoms. The minimum Gasteiger partial charge on any atom is -0.452 e. The van der Waals surface area contributed by atoms with Crippen molar-refractivity contribution in [2.24, 2.45) is 5.73 Å². The molecule has 1 aromatic rings. The van der Waals surface area contributed by atoms with E-state index in [0.29, 0.717) is 5.82 Å². The summed E-state index contributed by atoms with van der Waals surface area (Å²) < 4.78 is 9.60. The molecule has 0 saturated carbocycles. The van der Waals surface area contributed by atoms with Crippen molar-refractivity contribution in [2.45, 2.75) is 19.9 Å².